The van der Waals surface area contributed by atoms with Crippen molar-refractivity contribution in [3.05, 3.63) is 90.3 Å². The molecule has 0 saturated heterocycles. The van der Waals surface area contributed by atoms with Gasteiger partial charge in [0.2, 0.25) is 0 Å². The molecule has 0 unspecified atom stereocenters. The smallest absolute Gasteiger partial charge is 0.161 e. The Morgan fingerprint density at radius 3 is 2.33 bits per heavy atom. The van der Waals surface area contributed by atoms with Crippen LogP contribution in [0, 0.1) is 6.92 Å². The van der Waals surface area contributed by atoms with E-state index in [4.69, 9.17) is 13.8 Å². The molecule has 162 valence electrons. The highest BCUT2D eigenvalue weighted by molar-refractivity contribution is 6.00. The zero-order valence-corrected chi connectivity index (χ0v) is 19.3. The van der Waals surface area contributed by atoms with Gasteiger partial charge in [-0.25, -0.2) is 0 Å². The Kier molecular flexibility index (Phi) is 4.25. The summed E-state index contributed by atoms with van der Waals surface area (Å²) in [7, 11) is 0. The van der Waals surface area contributed by atoms with Gasteiger partial charge >= 0.3 is 0 Å². The monoisotopic (exact) mass is 431 g/mol. The van der Waals surface area contributed by atoms with E-state index in [1.807, 2.05) is 37.4 Å². The van der Waals surface area contributed by atoms with Gasteiger partial charge in [-0.2, -0.15) is 0 Å². The summed E-state index contributed by atoms with van der Waals surface area (Å²) >= 11 is 0. The van der Waals surface area contributed by atoms with Crippen molar-refractivity contribution < 1.29 is 8.83 Å². The van der Waals surface area contributed by atoms with Gasteiger partial charge in [-0.15, -0.1) is 0 Å². The predicted octanol–water partition coefficient (Wildman–Crippen LogP) is 8.67. The molecule has 0 saturated carbocycles. The maximum absolute atomic E-state index is 6.50. The van der Waals surface area contributed by atoms with Crippen LogP contribution in [0.2, 0.25) is 0 Å². The van der Waals surface area contributed by atoms with Gasteiger partial charge in [-0.05, 0) is 59.0 Å². The van der Waals surface area contributed by atoms with Gasteiger partial charge in [-0.3, -0.25) is 4.98 Å². The van der Waals surface area contributed by atoms with E-state index < -0.39 is 0 Å². The van der Waals surface area contributed by atoms with Crippen LogP contribution < -0.4 is 0 Å². The van der Waals surface area contributed by atoms with Crippen molar-refractivity contribution in [3.63, 3.8) is 0 Å². The highest BCUT2D eigenvalue weighted by atomic mass is 16.4. The van der Waals surface area contributed by atoms with Crippen molar-refractivity contribution in [2.45, 2.75) is 33.1 Å². The standard InChI is InChI=1S/C30H25NO2/c1-18-27(23-11-7-8-12-25(23)32-18)26-17-20-13-14-31-28(29(20)33-26)21-15-19-9-5-6-10-22(19)24(16-21)30(2,3)4/h5-17H,1-4H3. The second kappa shape index (κ2) is 7.08. The Balaban J connectivity index is 1.60. The van der Waals surface area contributed by atoms with Gasteiger partial charge < -0.3 is 8.83 Å². The van der Waals surface area contributed by atoms with Crippen LogP contribution in [-0.2, 0) is 5.41 Å². The van der Waals surface area contributed by atoms with Crippen molar-refractivity contribution in [2.75, 3.05) is 0 Å². The minimum absolute atomic E-state index is 0.00462. The molecule has 33 heavy (non-hydrogen) atoms. The SMILES string of the molecule is Cc1oc2ccccc2c1-c1cc2ccnc(-c3cc(C(C)(C)C)c4ccccc4c3)c2o1. The van der Waals surface area contributed by atoms with E-state index in [9.17, 15) is 0 Å². The Labute approximate surface area is 192 Å². The fourth-order valence-corrected chi connectivity index (χ4v) is 4.84. The van der Waals surface area contributed by atoms with Crippen LogP contribution in [0.4, 0.5) is 0 Å². The van der Waals surface area contributed by atoms with Crippen LogP contribution in [0.25, 0.3) is 55.3 Å². The average molecular weight is 432 g/mol. The van der Waals surface area contributed by atoms with Crippen molar-refractivity contribution >= 4 is 32.7 Å². The molecule has 3 aromatic heterocycles. The molecule has 0 spiro atoms. The number of fused-ring (bicyclic) bond motifs is 3. The summed E-state index contributed by atoms with van der Waals surface area (Å²) in [6.07, 6.45) is 1.86. The molecule has 0 N–H and O–H groups in total. The van der Waals surface area contributed by atoms with Gasteiger partial charge in [0.25, 0.3) is 0 Å². The molecule has 0 bridgehead atoms. The lowest BCUT2D eigenvalue weighted by Crippen LogP contribution is -2.12. The first-order chi connectivity index (χ1) is 15.9. The Hall–Kier alpha value is -3.85. The summed E-state index contributed by atoms with van der Waals surface area (Å²) in [5, 5.41) is 4.58. The second-order valence-corrected chi connectivity index (χ2v) is 9.71. The minimum Gasteiger partial charge on any atom is -0.461 e. The predicted molar refractivity (Wildman–Crippen MR) is 136 cm³/mol. The van der Waals surface area contributed by atoms with Crippen molar-refractivity contribution in [2.24, 2.45) is 0 Å². The number of pyridine rings is 1. The van der Waals surface area contributed by atoms with Gasteiger partial charge in [0.1, 0.15) is 22.8 Å². The number of aryl methyl sites for hydroxylation is 1. The van der Waals surface area contributed by atoms with Crippen LogP contribution in [0.15, 0.2) is 87.8 Å². The number of furan rings is 2. The molecule has 3 aromatic carbocycles. The van der Waals surface area contributed by atoms with Crippen molar-refractivity contribution in [3.8, 4) is 22.6 Å². The number of benzene rings is 3. The van der Waals surface area contributed by atoms with Crippen molar-refractivity contribution in [1.82, 2.24) is 4.98 Å². The minimum atomic E-state index is 0.00462. The van der Waals surface area contributed by atoms with Crippen LogP contribution in [0.1, 0.15) is 32.1 Å². The van der Waals surface area contributed by atoms with Gasteiger partial charge in [0.15, 0.2) is 5.58 Å². The Bertz CT molecular complexity index is 1660. The summed E-state index contributed by atoms with van der Waals surface area (Å²) in [4.78, 5) is 4.77. The van der Waals surface area contributed by atoms with E-state index in [1.165, 1.54) is 16.3 Å². The number of rotatable bonds is 2. The first kappa shape index (κ1) is 19.8. The number of hydrogen-bond donors (Lipinski definition) is 0. The summed E-state index contributed by atoms with van der Waals surface area (Å²) in [5.74, 6) is 1.66. The maximum Gasteiger partial charge on any atom is 0.161 e. The van der Waals surface area contributed by atoms with E-state index in [1.54, 1.807) is 0 Å². The van der Waals surface area contributed by atoms with Crippen LogP contribution in [-0.4, -0.2) is 4.98 Å². The molecular weight excluding hydrogens is 406 g/mol. The molecule has 0 aliphatic rings. The molecular formula is C30H25NO2. The number of nitrogens with zero attached hydrogens (tertiary/aromatic N) is 1. The molecule has 3 nitrogen and oxygen atoms in total. The molecule has 0 radical (unpaired) electrons. The number of hydrogen-bond acceptors (Lipinski definition) is 3. The summed E-state index contributed by atoms with van der Waals surface area (Å²) in [5.41, 5.74) is 5.91. The Morgan fingerprint density at radius 1 is 0.758 bits per heavy atom. The van der Waals surface area contributed by atoms with Gasteiger partial charge in [-0.1, -0.05) is 63.2 Å². The van der Waals surface area contributed by atoms with Gasteiger partial charge in [0.05, 0.1) is 5.56 Å². The average Bonchev–Trinajstić information content (AvgIpc) is 3.37. The lowest BCUT2D eigenvalue weighted by molar-refractivity contribution is 0.574. The quantitative estimate of drug-likeness (QED) is 0.275. The lowest BCUT2D eigenvalue weighted by atomic mass is 9.82. The van der Waals surface area contributed by atoms with Crippen molar-refractivity contribution in [1.29, 1.82) is 0 Å². The summed E-state index contributed by atoms with van der Waals surface area (Å²) in [6, 6.07) is 25.2. The lowest BCUT2D eigenvalue weighted by Gasteiger charge is -2.22. The maximum atomic E-state index is 6.50. The van der Waals surface area contributed by atoms with Gasteiger partial charge in [0, 0.05) is 22.5 Å². The molecule has 0 fully saturated rings. The molecule has 6 aromatic rings. The third kappa shape index (κ3) is 3.15. The molecule has 0 amide bonds. The summed E-state index contributed by atoms with van der Waals surface area (Å²) in [6.45, 7) is 8.75. The van der Waals surface area contributed by atoms with E-state index >= 15 is 0 Å². The van der Waals surface area contributed by atoms with E-state index in [-0.39, 0.29) is 5.41 Å². The fraction of sp³-hybridized carbons (Fsp3) is 0.167. The number of aromatic nitrogens is 1. The largest absolute Gasteiger partial charge is 0.461 e. The topological polar surface area (TPSA) is 39.2 Å². The molecule has 6 rings (SSSR count). The molecule has 3 heteroatoms. The normalized spacial score (nSPS) is 12.2. The fourth-order valence-electron chi connectivity index (χ4n) is 4.84. The van der Waals surface area contributed by atoms with Crippen LogP contribution >= 0.6 is 0 Å². The zero-order chi connectivity index (χ0) is 22.7. The molecule has 0 aliphatic carbocycles. The van der Waals surface area contributed by atoms with Crippen LogP contribution in [0.5, 0.6) is 0 Å². The molecule has 0 atom stereocenters. The first-order valence-electron chi connectivity index (χ1n) is 11.3. The highest BCUT2D eigenvalue weighted by Crippen LogP contribution is 2.41. The third-order valence-electron chi connectivity index (χ3n) is 6.39. The second-order valence-electron chi connectivity index (χ2n) is 9.71. The molecule has 0 aliphatic heterocycles. The Morgan fingerprint density at radius 2 is 1.52 bits per heavy atom. The summed E-state index contributed by atoms with van der Waals surface area (Å²) < 4.78 is 12.5. The zero-order valence-electron chi connectivity index (χ0n) is 19.3. The van der Waals surface area contributed by atoms with E-state index in [0.717, 1.165) is 50.3 Å². The number of para-hydroxylation sites is 1. The van der Waals surface area contributed by atoms with E-state index in [2.05, 4.69) is 69.3 Å². The third-order valence-corrected chi connectivity index (χ3v) is 6.39. The molecule has 3 heterocycles. The highest BCUT2D eigenvalue weighted by Gasteiger charge is 2.22. The first-order valence-corrected chi connectivity index (χ1v) is 11.3. The van der Waals surface area contributed by atoms with E-state index in [0.29, 0.717) is 0 Å². The van der Waals surface area contributed by atoms with Crippen LogP contribution in [0.3, 0.4) is 0 Å².